The molecule has 1 aliphatic heterocycles. The molecule has 35 heavy (non-hydrogen) atoms. The highest BCUT2D eigenvalue weighted by atomic mass is 35.5. The molecule has 3 aromatic rings. The molecule has 0 radical (unpaired) electrons. The van der Waals surface area contributed by atoms with E-state index in [1.54, 1.807) is 39.2 Å². The van der Waals surface area contributed by atoms with Crippen molar-refractivity contribution in [3.8, 4) is 5.75 Å². The number of hydrogen-bond donors (Lipinski definition) is 2. The van der Waals surface area contributed by atoms with Gasteiger partial charge in [-0.15, -0.1) is 0 Å². The van der Waals surface area contributed by atoms with Crippen LogP contribution in [0.1, 0.15) is 46.3 Å². The monoisotopic (exact) mass is 531 g/mol. The second-order valence-electron chi connectivity index (χ2n) is 8.71. The standard InChI is InChI=1S/C26H27Cl2N3O3S/c1-15-11-16(2)26(17(3)12-15)35(32,33)31-25(21-10-7-19(27)13-22(21)28)24-14-23(29-30-24)18-5-8-20(34-4)9-6-18/h5-13,23,25,29,31H,14H2,1-4H3. The number of aryl methyl sites for hydroxylation is 3. The molecule has 6 nitrogen and oxygen atoms in total. The number of ether oxygens (including phenoxy) is 1. The lowest BCUT2D eigenvalue weighted by atomic mass is 9.96. The molecule has 9 heteroatoms. The lowest BCUT2D eigenvalue weighted by Gasteiger charge is -2.22. The minimum Gasteiger partial charge on any atom is -0.497 e. The summed E-state index contributed by atoms with van der Waals surface area (Å²) in [5.74, 6) is 0.760. The second kappa shape index (κ2) is 10.2. The van der Waals surface area contributed by atoms with Gasteiger partial charge in [0.15, 0.2) is 0 Å². The van der Waals surface area contributed by atoms with Crippen LogP contribution in [-0.2, 0) is 10.0 Å². The maximum Gasteiger partial charge on any atom is 0.242 e. The zero-order valence-electron chi connectivity index (χ0n) is 19.9. The summed E-state index contributed by atoms with van der Waals surface area (Å²) in [7, 11) is -2.29. The van der Waals surface area contributed by atoms with Gasteiger partial charge in [-0.25, -0.2) is 8.42 Å². The number of hydrogen-bond acceptors (Lipinski definition) is 5. The average molecular weight is 532 g/mol. The van der Waals surface area contributed by atoms with E-state index in [-0.39, 0.29) is 10.9 Å². The largest absolute Gasteiger partial charge is 0.497 e. The summed E-state index contributed by atoms with van der Waals surface area (Å²) >= 11 is 12.7. The van der Waals surface area contributed by atoms with Crippen LogP contribution in [0.15, 0.2) is 64.6 Å². The van der Waals surface area contributed by atoms with Crippen molar-refractivity contribution in [3.63, 3.8) is 0 Å². The summed E-state index contributed by atoms with van der Waals surface area (Å²) in [6.07, 6.45) is 0.490. The smallest absolute Gasteiger partial charge is 0.242 e. The minimum atomic E-state index is -3.91. The third-order valence-corrected chi connectivity index (χ3v) is 8.34. The fourth-order valence-corrected chi connectivity index (χ4v) is 6.70. The van der Waals surface area contributed by atoms with Crippen LogP contribution in [-0.4, -0.2) is 21.2 Å². The van der Waals surface area contributed by atoms with Crippen LogP contribution < -0.4 is 14.9 Å². The van der Waals surface area contributed by atoms with Crippen LogP contribution in [0, 0.1) is 20.8 Å². The zero-order chi connectivity index (χ0) is 25.3. The zero-order valence-corrected chi connectivity index (χ0v) is 22.2. The van der Waals surface area contributed by atoms with E-state index in [9.17, 15) is 8.42 Å². The Morgan fingerprint density at radius 1 is 1.03 bits per heavy atom. The Hall–Kier alpha value is -2.58. The Balaban J connectivity index is 1.70. The molecule has 0 saturated carbocycles. The van der Waals surface area contributed by atoms with Gasteiger partial charge in [-0.2, -0.15) is 9.82 Å². The summed E-state index contributed by atoms with van der Waals surface area (Å²) in [5, 5.41) is 5.36. The number of sulfonamides is 1. The molecular weight excluding hydrogens is 505 g/mol. The number of benzene rings is 3. The lowest BCUT2D eigenvalue weighted by molar-refractivity contribution is 0.414. The van der Waals surface area contributed by atoms with E-state index in [2.05, 4.69) is 15.2 Å². The van der Waals surface area contributed by atoms with Crippen molar-refractivity contribution in [3.05, 3.63) is 92.5 Å². The summed E-state index contributed by atoms with van der Waals surface area (Å²) in [6.45, 7) is 5.54. The molecule has 4 rings (SSSR count). The molecule has 2 N–H and O–H groups in total. The highest BCUT2D eigenvalue weighted by Crippen LogP contribution is 2.34. The molecular formula is C26H27Cl2N3O3S. The van der Waals surface area contributed by atoms with Crippen molar-refractivity contribution in [1.29, 1.82) is 0 Å². The molecule has 2 unspecified atom stereocenters. The topological polar surface area (TPSA) is 79.8 Å². The van der Waals surface area contributed by atoms with Gasteiger partial charge >= 0.3 is 0 Å². The molecule has 0 amide bonds. The first-order valence-corrected chi connectivity index (χ1v) is 13.3. The van der Waals surface area contributed by atoms with Crippen LogP contribution >= 0.6 is 23.2 Å². The highest BCUT2D eigenvalue weighted by molar-refractivity contribution is 7.89. The Labute approximate surface area is 216 Å². The Morgan fingerprint density at radius 2 is 1.69 bits per heavy atom. The van der Waals surface area contributed by atoms with Crippen LogP contribution in [0.5, 0.6) is 5.75 Å². The van der Waals surface area contributed by atoms with Crippen molar-refractivity contribution in [2.45, 2.75) is 44.2 Å². The van der Waals surface area contributed by atoms with Crippen molar-refractivity contribution in [2.75, 3.05) is 7.11 Å². The van der Waals surface area contributed by atoms with E-state index in [4.69, 9.17) is 27.9 Å². The Morgan fingerprint density at radius 3 is 2.29 bits per heavy atom. The van der Waals surface area contributed by atoms with Gasteiger partial charge in [0, 0.05) is 16.5 Å². The van der Waals surface area contributed by atoms with Crippen molar-refractivity contribution < 1.29 is 13.2 Å². The van der Waals surface area contributed by atoms with Crippen LogP contribution in [0.2, 0.25) is 10.0 Å². The quantitative estimate of drug-likeness (QED) is 0.389. The van der Waals surface area contributed by atoms with Gasteiger partial charge in [-0.3, -0.25) is 0 Å². The molecule has 0 spiro atoms. The molecule has 0 saturated heterocycles. The molecule has 0 fully saturated rings. The van der Waals surface area contributed by atoms with E-state index >= 15 is 0 Å². The predicted molar refractivity (Wildman–Crippen MR) is 141 cm³/mol. The molecule has 2 atom stereocenters. The fourth-order valence-electron chi connectivity index (χ4n) is 4.52. The van der Waals surface area contributed by atoms with Crippen LogP contribution in [0.4, 0.5) is 0 Å². The van der Waals surface area contributed by atoms with Gasteiger partial charge in [-0.1, -0.05) is 59.1 Å². The van der Waals surface area contributed by atoms with E-state index in [1.807, 2.05) is 43.3 Å². The van der Waals surface area contributed by atoms with Crippen molar-refractivity contribution >= 4 is 38.9 Å². The molecule has 0 aromatic heterocycles. The number of nitrogens with zero attached hydrogens (tertiary/aromatic N) is 1. The molecule has 3 aromatic carbocycles. The molecule has 1 aliphatic rings. The number of rotatable bonds is 7. The number of methoxy groups -OCH3 is 1. The minimum absolute atomic E-state index is 0.114. The summed E-state index contributed by atoms with van der Waals surface area (Å²) in [5.41, 5.74) is 7.72. The van der Waals surface area contributed by atoms with E-state index in [1.165, 1.54) is 0 Å². The van der Waals surface area contributed by atoms with E-state index in [0.29, 0.717) is 38.9 Å². The van der Waals surface area contributed by atoms with Crippen molar-refractivity contribution in [1.82, 2.24) is 10.1 Å². The van der Waals surface area contributed by atoms with Gasteiger partial charge in [0.05, 0.1) is 29.8 Å². The van der Waals surface area contributed by atoms with Crippen LogP contribution in [0.3, 0.4) is 0 Å². The Bertz CT molecular complexity index is 1370. The van der Waals surface area contributed by atoms with Crippen LogP contribution in [0.25, 0.3) is 0 Å². The van der Waals surface area contributed by atoms with E-state index in [0.717, 1.165) is 16.9 Å². The fraction of sp³-hybridized carbons (Fsp3) is 0.269. The maximum absolute atomic E-state index is 13.7. The number of hydrazone groups is 1. The first kappa shape index (κ1) is 25.5. The highest BCUT2D eigenvalue weighted by Gasteiger charge is 2.33. The van der Waals surface area contributed by atoms with Gasteiger partial charge in [0.2, 0.25) is 10.0 Å². The predicted octanol–water partition coefficient (Wildman–Crippen LogP) is 6.04. The Kier molecular flexibility index (Phi) is 7.43. The maximum atomic E-state index is 13.7. The molecule has 0 aliphatic carbocycles. The first-order valence-electron chi connectivity index (χ1n) is 11.1. The molecule has 1 heterocycles. The van der Waals surface area contributed by atoms with Gasteiger partial charge in [0.25, 0.3) is 0 Å². The van der Waals surface area contributed by atoms with Gasteiger partial charge in [-0.05, 0) is 67.3 Å². The second-order valence-corrected chi connectivity index (χ2v) is 11.2. The molecule has 184 valence electrons. The SMILES string of the molecule is COc1ccc(C2CC(C(NS(=O)(=O)c3c(C)cc(C)cc3C)c3ccc(Cl)cc3Cl)=NN2)cc1. The number of nitrogens with one attached hydrogen (secondary N) is 2. The number of halogens is 2. The first-order chi connectivity index (χ1) is 16.6. The summed E-state index contributed by atoms with van der Waals surface area (Å²) < 4.78 is 35.4. The van der Waals surface area contributed by atoms with Gasteiger partial charge in [0.1, 0.15) is 5.75 Å². The third kappa shape index (κ3) is 5.48. The van der Waals surface area contributed by atoms with Crippen molar-refractivity contribution in [2.24, 2.45) is 5.10 Å². The third-order valence-electron chi connectivity index (χ3n) is 6.05. The average Bonchev–Trinajstić information content (AvgIpc) is 3.27. The van der Waals surface area contributed by atoms with E-state index < -0.39 is 16.1 Å². The van der Waals surface area contributed by atoms with Gasteiger partial charge < -0.3 is 10.2 Å². The normalized spacial score (nSPS) is 16.5. The lowest BCUT2D eigenvalue weighted by Crippen LogP contribution is -2.34. The summed E-state index contributed by atoms with van der Waals surface area (Å²) in [4.78, 5) is 0.261. The molecule has 0 bridgehead atoms. The summed E-state index contributed by atoms with van der Waals surface area (Å²) in [6, 6.07) is 15.5.